The maximum absolute atomic E-state index is 15.1. The summed E-state index contributed by atoms with van der Waals surface area (Å²) in [6, 6.07) is 16.5. The van der Waals surface area contributed by atoms with E-state index in [-0.39, 0.29) is 42.0 Å². The number of rotatable bonds is 16. The molecule has 2 aromatic carbocycles. The molecule has 3 saturated heterocycles. The molecule has 3 aliphatic heterocycles. The second-order valence-corrected chi connectivity index (χ2v) is 15.0. The number of fused-ring (bicyclic) bond motifs is 1. The van der Waals surface area contributed by atoms with Gasteiger partial charge in [-0.3, -0.25) is 14.4 Å². The first-order chi connectivity index (χ1) is 23.2. The molecule has 0 aliphatic carbocycles. The maximum Gasteiger partial charge on any atom is 0.251 e. The van der Waals surface area contributed by atoms with Crippen LogP contribution in [-0.4, -0.2) is 87.5 Å². The van der Waals surface area contributed by atoms with Crippen molar-refractivity contribution in [1.29, 1.82) is 0 Å². The first kappa shape index (κ1) is 35.7. The van der Waals surface area contributed by atoms with Gasteiger partial charge in [0.05, 0.1) is 29.2 Å². The molecule has 3 amide bonds. The van der Waals surface area contributed by atoms with Crippen molar-refractivity contribution in [3.63, 3.8) is 0 Å². The predicted molar refractivity (Wildman–Crippen MR) is 196 cm³/mol. The molecule has 0 radical (unpaired) electrons. The smallest absolute Gasteiger partial charge is 0.251 e. The molecule has 7 atom stereocenters. The predicted octanol–water partition coefficient (Wildman–Crippen LogP) is 5.76. The molecule has 3 aliphatic rings. The number of carbonyl (C=O) groups excluding carboxylic acids is 3. The quantitative estimate of drug-likeness (QED) is 0.228. The number of anilines is 2. The van der Waals surface area contributed by atoms with Gasteiger partial charge in [0.15, 0.2) is 0 Å². The molecule has 48 heavy (non-hydrogen) atoms. The second kappa shape index (κ2) is 15.3. The van der Waals surface area contributed by atoms with E-state index in [2.05, 4.69) is 31.9 Å². The normalized spacial score (nSPS) is 25.4. The van der Waals surface area contributed by atoms with Crippen LogP contribution < -0.4 is 9.80 Å². The van der Waals surface area contributed by atoms with Crippen molar-refractivity contribution in [2.45, 2.75) is 75.6 Å². The molecule has 0 saturated carbocycles. The van der Waals surface area contributed by atoms with Crippen LogP contribution in [0, 0.1) is 17.8 Å². The van der Waals surface area contributed by atoms with Gasteiger partial charge in [0.25, 0.3) is 5.91 Å². The highest BCUT2D eigenvalue weighted by Gasteiger charge is 2.74. The van der Waals surface area contributed by atoms with Gasteiger partial charge in [0.1, 0.15) is 6.04 Å². The Morgan fingerprint density at radius 3 is 2.23 bits per heavy atom. The Balaban J connectivity index is 1.56. The number of benzene rings is 2. The van der Waals surface area contributed by atoms with Gasteiger partial charge in [-0.05, 0) is 62.4 Å². The summed E-state index contributed by atoms with van der Waals surface area (Å²) in [5.74, 6) is -1.69. The van der Waals surface area contributed by atoms with Crippen molar-refractivity contribution in [2.24, 2.45) is 17.8 Å². The standard InChI is InChI=1S/C39H52N4O4S/c1-7-23-41(25-28-15-13-12-14-16-28)36(45)33-32-21-22-39(48-32)34(33)37(46)43(31(26-44)27(6)9-3)35(39)38(47)42(24-8-2)30-19-17-29(18-20-30)40(10-4)11-5/h7-8,12-20,27,31-35,44H,1-2,9-11,21-26H2,3-6H3/t27-,31-,32+,33-,34-,35?,39?/m0/s1. The van der Waals surface area contributed by atoms with Gasteiger partial charge >= 0.3 is 0 Å². The van der Waals surface area contributed by atoms with E-state index in [9.17, 15) is 14.7 Å². The van der Waals surface area contributed by atoms with E-state index in [0.29, 0.717) is 19.5 Å². The lowest BCUT2D eigenvalue weighted by molar-refractivity contribution is -0.146. The van der Waals surface area contributed by atoms with Crippen LogP contribution in [0.3, 0.4) is 0 Å². The molecule has 8 nitrogen and oxygen atoms in total. The van der Waals surface area contributed by atoms with Crippen LogP contribution >= 0.6 is 11.8 Å². The molecule has 1 spiro atoms. The summed E-state index contributed by atoms with van der Waals surface area (Å²) in [6.07, 6.45) is 5.60. The van der Waals surface area contributed by atoms with E-state index in [0.717, 1.165) is 42.9 Å². The van der Waals surface area contributed by atoms with Crippen LogP contribution in [0.1, 0.15) is 52.5 Å². The lowest BCUT2D eigenvalue weighted by Crippen LogP contribution is -2.58. The van der Waals surface area contributed by atoms with Crippen molar-refractivity contribution in [1.82, 2.24) is 9.80 Å². The Bertz CT molecular complexity index is 1460. The number of hydrogen-bond acceptors (Lipinski definition) is 6. The van der Waals surface area contributed by atoms with E-state index >= 15 is 4.79 Å². The monoisotopic (exact) mass is 672 g/mol. The largest absolute Gasteiger partial charge is 0.394 e. The summed E-state index contributed by atoms with van der Waals surface area (Å²) in [7, 11) is 0. The van der Waals surface area contributed by atoms with Crippen molar-refractivity contribution >= 4 is 40.9 Å². The average molecular weight is 673 g/mol. The van der Waals surface area contributed by atoms with Gasteiger partial charge in [-0.15, -0.1) is 24.9 Å². The van der Waals surface area contributed by atoms with E-state index < -0.39 is 28.7 Å². The van der Waals surface area contributed by atoms with Crippen molar-refractivity contribution in [3.8, 4) is 0 Å². The minimum atomic E-state index is -0.821. The topological polar surface area (TPSA) is 84.4 Å². The second-order valence-electron chi connectivity index (χ2n) is 13.4. The van der Waals surface area contributed by atoms with Gasteiger partial charge in [-0.2, -0.15) is 0 Å². The molecule has 258 valence electrons. The number of nitrogens with zero attached hydrogens (tertiary/aromatic N) is 4. The molecule has 3 heterocycles. The fraction of sp³-hybridized carbons (Fsp3) is 0.513. The number of aliphatic hydroxyl groups excluding tert-OH is 1. The third kappa shape index (κ3) is 6.31. The number of carbonyl (C=O) groups is 3. The highest BCUT2D eigenvalue weighted by atomic mass is 32.2. The highest BCUT2D eigenvalue weighted by molar-refractivity contribution is 8.02. The summed E-state index contributed by atoms with van der Waals surface area (Å²) in [4.78, 5) is 52.0. The van der Waals surface area contributed by atoms with Gasteiger partial charge in [-0.1, -0.05) is 62.8 Å². The Hall–Kier alpha value is -3.56. The number of likely N-dealkylation sites (tertiary alicyclic amines) is 1. The Kier molecular flexibility index (Phi) is 11.4. The van der Waals surface area contributed by atoms with Crippen LogP contribution in [0.5, 0.6) is 0 Å². The fourth-order valence-electron chi connectivity index (χ4n) is 8.26. The summed E-state index contributed by atoms with van der Waals surface area (Å²) in [5.41, 5.74) is 2.82. The number of amides is 3. The van der Waals surface area contributed by atoms with Gasteiger partial charge in [0.2, 0.25) is 11.8 Å². The van der Waals surface area contributed by atoms with Gasteiger partial charge in [0, 0.05) is 49.3 Å². The lowest BCUT2D eigenvalue weighted by Gasteiger charge is -2.41. The summed E-state index contributed by atoms with van der Waals surface area (Å²) in [6.45, 7) is 18.7. The summed E-state index contributed by atoms with van der Waals surface area (Å²) >= 11 is 1.66. The van der Waals surface area contributed by atoms with Crippen LogP contribution in [-0.2, 0) is 20.9 Å². The number of aliphatic hydroxyl groups is 1. The maximum atomic E-state index is 15.1. The molecular weight excluding hydrogens is 621 g/mol. The molecule has 9 heteroatoms. The molecule has 0 aromatic heterocycles. The van der Waals surface area contributed by atoms with Crippen molar-refractivity contribution in [3.05, 3.63) is 85.5 Å². The lowest BCUT2D eigenvalue weighted by atomic mass is 9.70. The van der Waals surface area contributed by atoms with Crippen molar-refractivity contribution < 1.29 is 19.5 Å². The third-order valence-corrected chi connectivity index (χ3v) is 12.8. The van der Waals surface area contributed by atoms with E-state index in [4.69, 9.17) is 0 Å². The molecule has 5 rings (SSSR count). The highest BCUT2D eigenvalue weighted by Crippen LogP contribution is 2.67. The minimum absolute atomic E-state index is 0.0441. The third-order valence-electron chi connectivity index (χ3n) is 10.8. The van der Waals surface area contributed by atoms with Gasteiger partial charge in [-0.25, -0.2) is 0 Å². The molecule has 2 unspecified atom stereocenters. The zero-order chi connectivity index (χ0) is 34.6. The molecule has 1 N–H and O–H groups in total. The number of thioether (sulfide) groups is 1. The summed E-state index contributed by atoms with van der Waals surface area (Å²) in [5, 5.41) is 10.7. The van der Waals surface area contributed by atoms with E-state index in [1.807, 2.05) is 68.4 Å². The molecule has 2 aromatic rings. The van der Waals surface area contributed by atoms with Gasteiger partial charge < -0.3 is 24.7 Å². The van der Waals surface area contributed by atoms with Crippen LogP contribution in [0.2, 0.25) is 0 Å². The number of hydrogen-bond donors (Lipinski definition) is 1. The van der Waals surface area contributed by atoms with E-state index in [1.54, 1.807) is 38.6 Å². The van der Waals surface area contributed by atoms with Crippen LogP contribution in [0.25, 0.3) is 0 Å². The Morgan fingerprint density at radius 1 is 1.00 bits per heavy atom. The first-order valence-corrected chi connectivity index (χ1v) is 18.4. The molecule has 2 bridgehead atoms. The van der Waals surface area contributed by atoms with Crippen LogP contribution in [0.4, 0.5) is 11.4 Å². The van der Waals surface area contributed by atoms with Crippen molar-refractivity contribution in [2.75, 3.05) is 42.6 Å². The average Bonchev–Trinajstić information content (AvgIpc) is 3.75. The fourth-order valence-corrected chi connectivity index (χ4v) is 10.5. The summed E-state index contributed by atoms with van der Waals surface area (Å²) < 4.78 is -0.771. The van der Waals surface area contributed by atoms with E-state index in [1.165, 1.54) is 0 Å². The SMILES string of the molecule is C=CCN(Cc1ccccc1)C(=O)[C@@H]1[C@H]2C(=O)N([C@@H](CO)[C@@H](C)CC)C(C(=O)N(CC=C)c3ccc(N(CC)CC)cc3)C23CC[C@H]1S3. The zero-order valence-electron chi connectivity index (χ0n) is 29.0. The minimum Gasteiger partial charge on any atom is -0.394 e. The molecular formula is C39H52N4O4S. The van der Waals surface area contributed by atoms with Crippen LogP contribution in [0.15, 0.2) is 79.9 Å². The molecule has 3 fully saturated rings. The Morgan fingerprint density at radius 2 is 1.65 bits per heavy atom. The Labute approximate surface area is 290 Å². The first-order valence-electron chi connectivity index (χ1n) is 17.5. The zero-order valence-corrected chi connectivity index (χ0v) is 29.8.